The van der Waals surface area contributed by atoms with Crippen molar-refractivity contribution in [3.05, 3.63) is 0 Å². The fraction of sp³-hybridized carbons (Fsp3) is 1.00. The van der Waals surface area contributed by atoms with Crippen LogP contribution in [0.3, 0.4) is 0 Å². The third-order valence-electron chi connectivity index (χ3n) is 0.820. The highest BCUT2D eigenvalue weighted by Crippen LogP contribution is 2.00. The van der Waals surface area contributed by atoms with Crippen molar-refractivity contribution in [2.75, 3.05) is 12.4 Å². The van der Waals surface area contributed by atoms with Gasteiger partial charge in [0.2, 0.25) is 10.0 Å². The summed E-state index contributed by atoms with van der Waals surface area (Å²) in [6, 6.07) is 0. The number of hydrogen-bond acceptors (Lipinski definition) is 5. The molecule has 1 rings (SSSR count). The number of hydrogen-bond donors (Lipinski definition) is 1. The Morgan fingerprint density at radius 1 is 1.20 bits per heavy atom. The maximum absolute atomic E-state index is 10.5. The predicted molar refractivity (Wildman–Crippen MR) is 31.8 cm³/mol. The van der Waals surface area contributed by atoms with Gasteiger partial charge < -0.3 is 0 Å². The highest BCUT2D eigenvalue weighted by Gasteiger charge is 2.26. The zero-order valence-electron chi connectivity index (χ0n) is 4.77. The molecule has 0 bridgehead atoms. The molecule has 60 valence electrons. The van der Waals surface area contributed by atoms with Crippen LogP contribution in [0.25, 0.3) is 0 Å². The maximum Gasteiger partial charge on any atom is 0.349 e. The van der Waals surface area contributed by atoms with Crippen molar-refractivity contribution >= 4 is 20.3 Å². The zero-order valence-corrected chi connectivity index (χ0v) is 6.40. The summed E-state index contributed by atoms with van der Waals surface area (Å²) in [5, 5.41) is 0. The molecule has 1 fully saturated rings. The smallest absolute Gasteiger partial charge is 0.256 e. The van der Waals surface area contributed by atoms with Crippen molar-refractivity contribution in [3.8, 4) is 0 Å². The van der Waals surface area contributed by atoms with E-state index in [1.807, 2.05) is 0 Å². The van der Waals surface area contributed by atoms with Crippen LogP contribution in [0, 0.1) is 0 Å². The summed E-state index contributed by atoms with van der Waals surface area (Å²) in [4.78, 5) is 0. The molecule has 0 aromatic carbocycles. The standard InChI is InChI=1S/C2H5NO5S2/c4-9(5)2-1-8-10(6,7)3-9/h3H,1-2H2. The summed E-state index contributed by atoms with van der Waals surface area (Å²) in [6.45, 7) is -0.308. The van der Waals surface area contributed by atoms with E-state index < -0.39 is 20.3 Å². The second-order valence-electron chi connectivity index (χ2n) is 1.68. The molecule has 8 heteroatoms. The largest absolute Gasteiger partial charge is 0.349 e. The molecule has 1 saturated heterocycles. The van der Waals surface area contributed by atoms with Crippen LogP contribution >= 0.6 is 0 Å². The van der Waals surface area contributed by atoms with Gasteiger partial charge in [-0.2, -0.15) is 8.42 Å². The van der Waals surface area contributed by atoms with Gasteiger partial charge in [-0.25, -0.2) is 8.42 Å². The molecular formula is C2H5NO5S2. The van der Waals surface area contributed by atoms with Crippen LogP contribution in [0.15, 0.2) is 0 Å². The molecule has 0 spiro atoms. The second kappa shape index (κ2) is 2.16. The average molecular weight is 187 g/mol. The van der Waals surface area contributed by atoms with Gasteiger partial charge in [-0.1, -0.05) is 4.13 Å². The zero-order chi connectivity index (χ0) is 7.83. The Labute approximate surface area is 58.5 Å². The summed E-state index contributed by atoms with van der Waals surface area (Å²) < 4.78 is 47.1. The third-order valence-corrected chi connectivity index (χ3v) is 3.83. The first-order valence-corrected chi connectivity index (χ1v) is 5.38. The Kier molecular flexibility index (Phi) is 1.71. The van der Waals surface area contributed by atoms with Crippen LogP contribution in [0.1, 0.15) is 0 Å². The first kappa shape index (κ1) is 7.92. The van der Waals surface area contributed by atoms with E-state index in [-0.39, 0.29) is 12.4 Å². The molecule has 0 amide bonds. The number of sulfonamides is 1. The van der Waals surface area contributed by atoms with E-state index >= 15 is 0 Å². The minimum absolute atomic E-state index is 0.308. The van der Waals surface area contributed by atoms with Crippen LogP contribution in [0.5, 0.6) is 0 Å². The van der Waals surface area contributed by atoms with Gasteiger partial charge in [-0.3, -0.25) is 4.18 Å². The second-order valence-corrected chi connectivity index (χ2v) is 5.13. The Morgan fingerprint density at radius 3 is 2.10 bits per heavy atom. The van der Waals surface area contributed by atoms with E-state index in [0.29, 0.717) is 0 Å². The van der Waals surface area contributed by atoms with Gasteiger partial charge in [0, 0.05) is 0 Å². The lowest BCUT2D eigenvalue weighted by atomic mass is 10.9. The van der Waals surface area contributed by atoms with Gasteiger partial charge in [0.1, 0.15) is 0 Å². The van der Waals surface area contributed by atoms with Crippen molar-refractivity contribution in [3.63, 3.8) is 0 Å². The molecule has 0 unspecified atom stereocenters. The van der Waals surface area contributed by atoms with Crippen molar-refractivity contribution in [2.24, 2.45) is 0 Å². The Morgan fingerprint density at radius 2 is 1.80 bits per heavy atom. The van der Waals surface area contributed by atoms with Crippen LogP contribution in [-0.2, 0) is 24.5 Å². The van der Waals surface area contributed by atoms with Crippen molar-refractivity contribution in [2.45, 2.75) is 0 Å². The molecule has 0 aromatic heterocycles. The van der Waals surface area contributed by atoms with Gasteiger partial charge in [0.05, 0.1) is 12.4 Å². The average Bonchev–Trinajstić information content (AvgIpc) is 1.56. The highest BCUT2D eigenvalue weighted by atomic mass is 32.3. The van der Waals surface area contributed by atoms with E-state index in [0.717, 1.165) is 0 Å². The third kappa shape index (κ3) is 1.90. The molecule has 6 nitrogen and oxygen atoms in total. The van der Waals surface area contributed by atoms with Crippen LogP contribution in [0.4, 0.5) is 0 Å². The van der Waals surface area contributed by atoms with Crippen LogP contribution in [-0.4, -0.2) is 29.2 Å². The summed E-state index contributed by atoms with van der Waals surface area (Å²) in [5.41, 5.74) is 0. The van der Waals surface area contributed by atoms with Crippen LogP contribution < -0.4 is 4.13 Å². The topological polar surface area (TPSA) is 89.5 Å². The van der Waals surface area contributed by atoms with E-state index in [4.69, 9.17) is 0 Å². The lowest BCUT2D eigenvalue weighted by Crippen LogP contribution is -2.40. The quantitative estimate of drug-likeness (QED) is 0.482. The van der Waals surface area contributed by atoms with E-state index in [2.05, 4.69) is 4.18 Å². The number of nitrogens with one attached hydrogen (secondary N) is 1. The number of rotatable bonds is 0. The van der Waals surface area contributed by atoms with Gasteiger partial charge in [-0.05, 0) is 0 Å². The molecule has 0 radical (unpaired) electrons. The van der Waals surface area contributed by atoms with Crippen molar-refractivity contribution in [1.29, 1.82) is 0 Å². The molecule has 1 aliphatic heterocycles. The fourth-order valence-corrected chi connectivity index (χ4v) is 2.96. The van der Waals surface area contributed by atoms with Gasteiger partial charge in [-0.15, -0.1) is 0 Å². The molecule has 1 heterocycles. The van der Waals surface area contributed by atoms with Crippen LogP contribution in [0.2, 0.25) is 0 Å². The molecule has 1 aliphatic rings. The van der Waals surface area contributed by atoms with E-state index in [1.54, 1.807) is 0 Å². The fourth-order valence-electron chi connectivity index (χ4n) is 0.475. The minimum Gasteiger partial charge on any atom is -0.256 e. The molecular weight excluding hydrogens is 182 g/mol. The summed E-state index contributed by atoms with van der Waals surface area (Å²) in [6.07, 6.45) is 0. The molecule has 0 aromatic rings. The molecule has 1 N–H and O–H groups in total. The van der Waals surface area contributed by atoms with Crippen molar-refractivity contribution < 1.29 is 21.0 Å². The summed E-state index contributed by atoms with van der Waals surface area (Å²) >= 11 is 0. The minimum atomic E-state index is -4.03. The Balaban J connectivity index is 2.97. The molecule has 0 atom stereocenters. The highest BCUT2D eigenvalue weighted by molar-refractivity contribution is 8.03. The Bertz CT molecular complexity index is 280. The Hall–Kier alpha value is -0.180. The van der Waals surface area contributed by atoms with Gasteiger partial charge in [0.25, 0.3) is 0 Å². The van der Waals surface area contributed by atoms with E-state index in [1.165, 1.54) is 4.13 Å². The van der Waals surface area contributed by atoms with Crippen molar-refractivity contribution in [1.82, 2.24) is 4.13 Å². The van der Waals surface area contributed by atoms with Gasteiger partial charge in [0.15, 0.2) is 0 Å². The normalized spacial score (nSPS) is 29.6. The first-order valence-electron chi connectivity index (χ1n) is 2.32. The SMILES string of the molecule is O=S1(=O)CCOS(=O)(=O)N1. The monoisotopic (exact) mass is 187 g/mol. The summed E-state index contributed by atoms with van der Waals surface area (Å²) in [5.74, 6) is -0.313. The first-order chi connectivity index (χ1) is 4.41. The molecule has 0 aliphatic carbocycles. The van der Waals surface area contributed by atoms with E-state index in [9.17, 15) is 16.8 Å². The predicted octanol–water partition coefficient (Wildman–Crippen LogP) is -1.82. The lowest BCUT2D eigenvalue weighted by Gasteiger charge is -2.12. The lowest BCUT2D eigenvalue weighted by molar-refractivity contribution is 0.328. The summed E-state index contributed by atoms with van der Waals surface area (Å²) in [7, 11) is -7.68. The molecule has 0 saturated carbocycles. The maximum atomic E-state index is 10.5. The molecule has 10 heavy (non-hydrogen) atoms. The van der Waals surface area contributed by atoms with Gasteiger partial charge >= 0.3 is 10.3 Å².